The van der Waals surface area contributed by atoms with Crippen LogP contribution in [-0.2, 0) is 0 Å². The largest absolute Gasteiger partial charge is 0.573 e. The Morgan fingerprint density at radius 3 is 2.53 bits per heavy atom. The Bertz CT molecular complexity index is 383. The van der Waals surface area contributed by atoms with Crippen LogP contribution in [0.4, 0.5) is 17.6 Å². The van der Waals surface area contributed by atoms with E-state index in [0.717, 1.165) is 6.07 Å². The molecule has 1 aromatic rings. The molecule has 2 N–H and O–H groups in total. The highest BCUT2D eigenvalue weighted by Gasteiger charge is 2.32. The van der Waals surface area contributed by atoms with Crippen molar-refractivity contribution in [2.45, 2.75) is 18.8 Å². The smallest absolute Gasteiger partial charge is 0.405 e. The van der Waals surface area contributed by atoms with Crippen molar-refractivity contribution in [3.63, 3.8) is 0 Å². The lowest BCUT2D eigenvalue weighted by Gasteiger charge is -2.17. The zero-order valence-electron chi connectivity index (χ0n) is 8.60. The lowest BCUT2D eigenvalue weighted by molar-refractivity contribution is -0.275. The minimum Gasteiger partial charge on any atom is -0.405 e. The van der Waals surface area contributed by atoms with Gasteiger partial charge in [-0.25, -0.2) is 0 Å². The van der Waals surface area contributed by atoms with Crippen LogP contribution in [0.2, 0.25) is 0 Å². The lowest BCUT2D eigenvalue weighted by atomic mass is 10.0. The normalized spacial score (nSPS) is 13.5. The van der Waals surface area contributed by atoms with Crippen LogP contribution in [-0.4, -0.2) is 13.0 Å². The molecule has 17 heavy (non-hydrogen) atoms. The van der Waals surface area contributed by atoms with Crippen molar-refractivity contribution in [2.24, 2.45) is 5.73 Å². The van der Waals surface area contributed by atoms with Crippen molar-refractivity contribution in [3.8, 4) is 5.75 Å². The van der Waals surface area contributed by atoms with Gasteiger partial charge in [-0.05, 0) is 24.6 Å². The van der Waals surface area contributed by atoms with Crippen molar-refractivity contribution in [1.29, 1.82) is 0 Å². The number of nitrogens with two attached hydrogens (primary N) is 1. The van der Waals surface area contributed by atoms with Crippen LogP contribution >= 0.6 is 15.9 Å². The predicted octanol–water partition coefficient (Wildman–Crippen LogP) is 3.71. The molecular formula is C10H10BrF4NO. The Morgan fingerprint density at radius 2 is 2.00 bits per heavy atom. The van der Waals surface area contributed by atoms with Crippen molar-refractivity contribution in [2.75, 3.05) is 6.67 Å². The average molecular weight is 316 g/mol. The van der Waals surface area contributed by atoms with E-state index in [4.69, 9.17) is 5.73 Å². The second-order valence-corrected chi connectivity index (χ2v) is 4.23. The Balaban J connectivity index is 3.03. The first kappa shape index (κ1) is 14.2. The van der Waals surface area contributed by atoms with E-state index in [1.165, 1.54) is 12.1 Å². The van der Waals surface area contributed by atoms with E-state index in [-0.39, 0.29) is 12.0 Å². The molecule has 0 aromatic heterocycles. The number of benzene rings is 1. The molecule has 0 fully saturated rings. The first-order valence-corrected chi connectivity index (χ1v) is 5.49. The third-order valence-electron chi connectivity index (χ3n) is 2.02. The van der Waals surface area contributed by atoms with Crippen LogP contribution in [0.1, 0.15) is 18.0 Å². The maximum atomic E-state index is 12.1. The molecule has 0 bridgehead atoms. The molecular weight excluding hydrogens is 306 g/mol. The standard InChI is InChI=1S/C10H10BrF4NO/c11-6-1-2-9(17-10(13,14)15)7(5-6)8(16)3-4-12/h1-2,5,8H,3-4,16H2/t8-/m0/s1. The van der Waals surface area contributed by atoms with Gasteiger partial charge in [0, 0.05) is 16.1 Å². The van der Waals surface area contributed by atoms with Gasteiger partial charge in [-0.15, -0.1) is 13.2 Å². The van der Waals surface area contributed by atoms with Crippen molar-refractivity contribution in [1.82, 2.24) is 0 Å². The van der Waals surface area contributed by atoms with Crippen LogP contribution in [0.3, 0.4) is 0 Å². The molecule has 96 valence electrons. The summed E-state index contributed by atoms with van der Waals surface area (Å²) >= 11 is 3.11. The molecule has 0 radical (unpaired) electrons. The molecule has 0 spiro atoms. The third kappa shape index (κ3) is 4.51. The fourth-order valence-corrected chi connectivity index (χ4v) is 1.68. The molecule has 0 amide bonds. The number of ether oxygens (including phenoxy) is 1. The van der Waals surface area contributed by atoms with Gasteiger partial charge in [0.05, 0.1) is 6.67 Å². The van der Waals surface area contributed by atoms with Crippen LogP contribution in [0.5, 0.6) is 5.75 Å². The highest BCUT2D eigenvalue weighted by atomic mass is 79.9. The van der Waals surface area contributed by atoms with Gasteiger partial charge < -0.3 is 10.5 Å². The minimum absolute atomic E-state index is 0.0648. The van der Waals surface area contributed by atoms with Crippen LogP contribution in [0, 0.1) is 0 Å². The van der Waals surface area contributed by atoms with Crippen molar-refractivity contribution >= 4 is 15.9 Å². The minimum atomic E-state index is -4.79. The number of halogens is 5. The molecule has 7 heteroatoms. The van der Waals surface area contributed by atoms with Crippen LogP contribution < -0.4 is 10.5 Å². The molecule has 0 aliphatic rings. The van der Waals surface area contributed by atoms with Gasteiger partial charge >= 0.3 is 6.36 Å². The van der Waals surface area contributed by atoms with Gasteiger partial charge in [-0.2, -0.15) is 0 Å². The Hall–Kier alpha value is -0.820. The van der Waals surface area contributed by atoms with Crippen molar-refractivity contribution < 1.29 is 22.3 Å². The zero-order valence-corrected chi connectivity index (χ0v) is 10.2. The highest BCUT2D eigenvalue weighted by molar-refractivity contribution is 9.10. The summed E-state index contributed by atoms with van der Waals surface area (Å²) in [7, 11) is 0. The zero-order chi connectivity index (χ0) is 13.1. The summed E-state index contributed by atoms with van der Waals surface area (Å²) in [6.07, 6.45) is -4.86. The van der Waals surface area contributed by atoms with Crippen molar-refractivity contribution in [3.05, 3.63) is 28.2 Å². The predicted molar refractivity (Wildman–Crippen MR) is 58.3 cm³/mol. The molecule has 0 aliphatic carbocycles. The fourth-order valence-electron chi connectivity index (χ4n) is 1.30. The van der Waals surface area contributed by atoms with Gasteiger partial charge in [0.15, 0.2) is 0 Å². The molecule has 0 saturated carbocycles. The van der Waals surface area contributed by atoms with E-state index in [0.29, 0.717) is 4.47 Å². The molecule has 0 unspecified atom stereocenters. The van der Waals surface area contributed by atoms with Gasteiger partial charge in [0.25, 0.3) is 0 Å². The maximum Gasteiger partial charge on any atom is 0.573 e. The number of hydrogen-bond acceptors (Lipinski definition) is 2. The quantitative estimate of drug-likeness (QED) is 0.860. The average Bonchev–Trinajstić information content (AvgIpc) is 2.19. The number of rotatable bonds is 4. The summed E-state index contributed by atoms with van der Waals surface area (Å²) in [5.74, 6) is -0.401. The van der Waals surface area contributed by atoms with E-state index in [9.17, 15) is 17.6 Å². The Morgan fingerprint density at radius 1 is 1.35 bits per heavy atom. The first-order valence-electron chi connectivity index (χ1n) is 4.70. The number of alkyl halides is 4. The van der Waals surface area contributed by atoms with E-state index in [1.807, 2.05) is 0 Å². The maximum absolute atomic E-state index is 12.1. The molecule has 1 atom stereocenters. The molecule has 0 saturated heterocycles. The van der Waals surface area contributed by atoms with Gasteiger partial charge in [0.2, 0.25) is 0 Å². The third-order valence-corrected chi connectivity index (χ3v) is 2.51. The molecule has 1 aromatic carbocycles. The summed E-state index contributed by atoms with van der Waals surface area (Å²) < 4.78 is 52.9. The van der Waals surface area contributed by atoms with E-state index >= 15 is 0 Å². The van der Waals surface area contributed by atoms with Crippen LogP contribution in [0.25, 0.3) is 0 Å². The van der Waals surface area contributed by atoms with Gasteiger partial charge in [-0.1, -0.05) is 15.9 Å². The van der Waals surface area contributed by atoms with E-state index in [2.05, 4.69) is 20.7 Å². The second kappa shape index (κ2) is 5.68. The molecule has 0 heterocycles. The Labute approximate surface area is 104 Å². The van der Waals surface area contributed by atoms with Gasteiger partial charge in [-0.3, -0.25) is 4.39 Å². The highest BCUT2D eigenvalue weighted by Crippen LogP contribution is 2.32. The Kier molecular flexibility index (Phi) is 4.76. The first-order chi connectivity index (χ1) is 7.83. The summed E-state index contributed by atoms with van der Waals surface area (Å²) in [6.45, 7) is -0.709. The molecule has 2 nitrogen and oxygen atoms in total. The second-order valence-electron chi connectivity index (χ2n) is 3.31. The summed E-state index contributed by atoms with van der Waals surface area (Å²) in [4.78, 5) is 0. The summed E-state index contributed by atoms with van der Waals surface area (Å²) in [5.41, 5.74) is 5.71. The monoisotopic (exact) mass is 315 g/mol. The molecule has 1 rings (SSSR count). The van der Waals surface area contributed by atoms with E-state index in [1.54, 1.807) is 0 Å². The topological polar surface area (TPSA) is 35.2 Å². The van der Waals surface area contributed by atoms with Crippen LogP contribution in [0.15, 0.2) is 22.7 Å². The SMILES string of the molecule is N[C@@H](CCF)c1cc(Br)ccc1OC(F)(F)F. The fraction of sp³-hybridized carbons (Fsp3) is 0.400. The van der Waals surface area contributed by atoms with E-state index < -0.39 is 24.8 Å². The lowest BCUT2D eigenvalue weighted by Crippen LogP contribution is -2.20. The number of hydrogen-bond donors (Lipinski definition) is 1. The molecule has 0 aliphatic heterocycles. The van der Waals surface area contributed by atoms with Gasteiger partial charge in [0.1, 0.15) is 5.75 Å². The summed E-state index contributed by atoms with van der Waals surface area (Å²) in [6, 6.07) is 3.09. The summed E-state index contributed by atoms with van der Waals surface area (Å²) in [5, 5.41) is 0.